The van der Waals surface area contributed by atoms with Crippen LogP contribution in [-0.2, 0) is 12.8 Å². The van der Waals surface area contributed by atoms with E-state index in [0.717, 1.165) is 29.5 Å². The van der Waals surface area contributed by atoms with Crippen molar-refractivity contribution < 1.29 is 4.39 Å². The summed E-state index contributed by atoms with van der Waals surface area (Å²) in [5, 5.41) is 5.37. The fourth-order valence-electron chi connectivity index (χ4n) is 3.55. The highest BCUT2D eigenvalue weighted by molar-refractivity contribution is 7.19. The number of halogens is 1. The Kier molecular flexibility index (Phi) is 3.24. The van der Waals surface area contributed by atoms with Gasteiger partial charge in [0.25, 0.3) is 0 Å². The van der Waals surface area contributed by atoms with E-state index < -0.39 is 0 Å². The van der Waals surface area contributed by atoms with Gasteiger partial charge in [-0.1, -0.05) is 6.42 Å². The summed E-state index contributed by atoms with van der Waals surface area (Å²) >= 11 is 1.66. The van der Waals surface area contributed by atoms with Gasteiger partial charge in [0.15, 0.2) is 11.5 Å². The summed E-state index contributed by atoms with van der Waals surface area (Å²) in [4.78, 5) is 22.2. The molecule has 1 N–H and O–H groups in total. The van der Waals surface area contributed by atoms with Gasteiger partial charge in [-0.2, -0.15) is 4.52 Å². The quantitative estimate of drug-likeness (QED) is 0.530. The van der Waals surface area contributed by atoms with Crippen molar-refractivity contribution in [3.63, 3.8) is 0 Å². The highest BCUT2D eigenvalue weighted by Gasteiger charge is 2.21. The van der Waals surface area contributed by atoms with Crippen molar-refractivity contribution in [2.75, 3.05) is 0 Å². The van der Waals surface area contributed by atoms with Crippen LogP contribution >= 0.6 is 11.3 Å². The van der Waals surface area contributed by atoms with Crippen molar-refractivity contribution >= 4 is 27.2 Å². The number of benzene rings is 1. The molecule has 0 radical (unpaired) electrons. The first-order valence-corrected chi connectivity index (χ1v) is 9.21. The first-order valence-electron chi connectivity index (χ1n) is 8.40. The van der Waals surface area contributed by atoms with Gasteiger partial charge in [0.05, 0.1) is 5.39 Å². The fraction of sp³-hybridized carbons (Fsp3) is 0.278. The lowest BCUT2D eigenvalue weighted by atomic mass is 10.1. The molecule has 1 aliphatic rings. The number of aromatic amines is 1. The highest BCUT2D eigenvalue weighted by Crippen LogP contribution is 2.36. The highest BCUT2D eigenvalue weighted by atomic mass is 32.1. The second kappa shape index (κ2) is 5.49. The van der Waals surface area contributed by atoms with Gasteiger partial charge in [-0.25, -0.2) is 14.2 Å². The summed E-state index contributed by atoms with van der Waals surface area (Å²) in [7, 11) is 0. The van der Waals surface area contributed by atoms with Crippen LogP contribution in [0.25, 0.3) is 27.3 Å². The van der Waals surface area contributed by atoms with Crippen molar-refractivity contribution in [2.45, 2.75) is 32.1 Å². The second-order valence-corrected chi connectivity index (χ2v) is 7.48. The minimum atomic E-state index is -0.309. The van der Waals surface area contributed by atoms with Crippen LogP contribution in [0.1, 0.15) is 29.7 Å². The van der Waals surface area contributed by atoms with E-state index in [1.807, 2.05) is 0 Å². The van der Waals surface area contributed by atoms with Gasteiger partial charge < -0.3 is 0 Å². The molecule has 1 aromatic carbocycles. The summed E-state index contributed by atoms with van der Waals surface area (Å²) in [6.07, 6.45) is 5.64. The molecule has 25 heavy (non-hydrogen) atoms. The Hall–Kier alpha value is -2.54. The predicted octanol–water partition coefficient (Wildman–Crippen LogP) is 3.71. The molecule has 0 saturated heterocycles. The molecule has 0 bridgehead atoms. The van der Waals surface area contributed by atoms with Crippen LogP contribution in [0, 0.1) is 5.82 Å². The molecule has 0 unspecified atom stereocenters. The molecule has 1 aliphatic carbocycles. The van der Waals surface area contributed by atoms with E-state index in [0.29, 0.717) is 17.0 Å². The number of rotatable bonds is 1. The van der Waals surface area contributed by atoms with Gasteiger partial charge >= 0.3 is 5.69 Å². The molecule has 3 heterocycles. The van der Waals surface area contributed by atoms with E-state index in [9.17, 15) is 9.18 Å². The average Bonchev–Trinajstić information content (AvgIpc) is 3.11. The van der Waals surface area contributed by atoms with Crippen LogP contribution in [0.15, 0.2) is 29.1 Å². The molecule has 3 aromatic heterocycles. The standard InChI is InChI=1S/C18H15FN4OS/c19-11-8-6-10(7-9-11)15-20-16-14-12-4-2-1-3-5-13(12)25-17(14)21-18(24)23(16)22-15/h6-9H,1-5H2,(H,21,24). The Morgan fingerprint density at radius 1 is 1.12 bits per heavy atom. The smallest absolute Gasteiger partial charge is 0.297 e. The summed E-state index contributed by atoms with van der Waals surface area (Å²) in [5.41, 5.74) is 2.30. The summed E-state index contributed by atoms with van der Waals surface area (Å²) in [6, 6.07) is 6.00. The van der Waals surface area contributed by atoms with Crippen molar-refractivity contribution in [1.82, 2.24) is 19.6 Å². The Labute approximate surface area is 146 Å². The topological polar surface area (TPSA) is 63.0 Å². The van der Waals surface area contributed by atoms with Gasteiger partial charge in [0.1, 0.15) is 10.6 Å². The number of aromatic nitrogens is 4. The zero-order chi connectivity index (χ0) is 17.0. The maximum Gasteiger partial charge on any atom is 0.349 e. The molecule has 5 nitrogen and oxygen atoms in total. The summed E-state index contributed by atoms with van der Waals surface area (Å²) in [6.45, 7) is 0. The van der Waals surface area contributed by atoms with E-state index in [4.69, 9.17) is 0 Å². The molecule has 0 aliphatic heterocycles. The van der Waals surface area contributed by atoms with E-state index in [-0.39, 0.29) is 11.5 Å². The third-order valence-electron chi connectivity index (χ3n) is 4.77. The molecular formula is C18H15FN4OS. The lowest BCUT2D eigenvalue weighted by Gasteiger charge is -1.99. The third kappa shape index (κ3) is 2.30. The monoisotopic (exact) mass is 354 g/mol. The van der Waals surface area contributed by atoms with Gasteiger partial charge in [-0.15, -0.1) is 16.4 Å². The van der Waals surface area contributed by atoms with Crippen LogP contribution < -0.4 is 5.69 Å². The summed E-state index contributed by atoms with van der Waals surface area (Å²) in [5.74, 6) is 0.127. The SMILES string of the molecule is O=c1[nH]c2sc3c(c2c2nc(-c4ccc(F)cc4)nn12)CCCCC3. The van der Waals surface area contributed by atoms with E-state index >= 15 is 0 Å². The Bertz CT molecular complexity index is 1160. The number of nitrogens with zero attached hydrogens (tertiary/aromatic N) is 3. The van der Waals surface area contributed by atoms with Crippen LogP contribution in [0.3, 0.4) is 0 Å². The Morgan fingerprint density at radius 2 is 1.92 bits per heavy atom. The normalized spacial score (nSPS) is 14.8. The number of fused-ring (bicyclic) bond motifs is 5. The maximum atomic E-state index is 13.2. The van der Waals surface area contributed by atoms with Crippen LogP contribution in [0.5, 0.6) is 0 Å². The summed E-state index contributed by atoms with van der Waals surface area (Å²) < 4.78 is 14.5. The molecule has 0 spiro atoms. The molecule has 0 fully saturated rings. The number of aryl methyl sites for hydroxylation is 2. The predicted molar refractivity (Wildman–Crippen MR) is 95.6 cm³/mol. The first-order chi connectivity index (χ1) is 12.2. The van der Waals surface area contributed by atoms with Gasteiger partial charge in [0.2, 0.25) is 0 Å². The number of nitrogens with one attached hydrogen (secondary N) is 1. The second-order valence-electron chi connectivity index (χ2n) is 6.38. The van der Waals surface area contributed by atoms with Crippen molar-refractivity contribution in [2.24, 2.45) is 0 Å². The van der Waals surface area contributed by atoms with E-state index in [1.165, 1.54) is 39.9 Å². The van der Waals surface area contributed by atoms with Crippen LogP contribution in [0.2, 0.25) is 0 Å². The molecular weight excluding hydrogens is 339 g/mol. The Morgan fingerprint density at radius 3 is 2.76 bits per heavy atom. The van der Waals surface area contributed by atoms with Gasteiger partial charge in [-0.3, -0.25) is 4.98 Å². The Balaban J connectivity index is 1.81. The maximum absolute atomic E-state index is 13.2. The minimum Gasteiger partial charge on any atom is -0.297 e. The molecule has 7 heteroatoms. The number of hydrogen-bond acceptors (Lipinski definition) is 4. The largest absolute Gasteiger partial charge is 0.349 e. The number of hydrogen-bond donors (Lipinski definition) is 1. The molecule has 5 rings (SSSR count). The van der Waals surface area contributed by atoms with Crippen LogP contribution in [-0.4, -0.2) is 19.6 Å². The van der Waals surface area contributed by atoms with Crippen molar-refractivity contribution in [1.29, 1.82) is 0 Å². The number of H-pyrrole nitrogens is 1. The fourth-order valence-corrected chi connectivity index (χ4v) is 4.83. The zero-order valence-corrected chi connectivity index (χ0v) is 14.2. The number of thiophene rings is 1. The molecule has 126 valence electrons. The van der Waals surface area contributed by atoms with Gasteiger partial charge in [0, 0.05) is 10.4 Å². The van der Waals surface area contributed by atoms with Crippen molar-refractivity contribution in [3.05, 3.63) is 51.0 Å². The zero-order valence-electron chi connectivity index (χ0n) is 13.4. The molecule has 0 saturated carbocycles. The molecule has 4 aromatic rings. The lowest BCUT2D eigenvalue weighted by Crippen LogP contribution is -2.17. The average molecular weight is 354 g/mol. The molecule has 0 amide bonds. The first kappa shape index (κ1) is 14.8. The molecule has 0 atom stereocenters. The van der Waals surface area contributed by atoms with Gasteiger partial charge in [-0.05, 0) is 55.5 Å². The van der Waals surface area contributed by atoms with E-state index in [2.05, 4.69) is 15.1 Å². The van der Waals surface area contributed by atoms with Crippen molar-refractivity contribution in [3.8, 4) is 11.4 Å². The van der Waals surface area contributed by atoms with E-state index in [1.54, 1.807) is 23.5 Å². The third-order valence-corrected chi connectivity index (χ3v) is 5.97. The lowest BCUT2D eigenvalue weighted by molar-refractivity contribution is 0.628. The van der Waals surface area contributed by atoms with Crippen LogP contribution in [0.4, 0.5) is 4.39 Å². The minimum absolute atomic E-state index is 0.292.